The molecular weight excluding hydrogens is 780 g/mol. The van der Waals surface area contributed by atoms with Gasteiger partial charge in [0.2, 0.25) is 0 Å². The molecule has 6 aromatic rings. The SMILES string of the molecule is Cn1c(=O)[nH]c(=O)c2c1[nH]c(=S)n2Cc1ccc(Cl)cc1.Cn1c(=O)[nH]c(=O)c2c1nc(Br)n2Cc1ccc(Cl)cc1.S.[2H]CF.[Na][Na]. The number of rotatable bonds is 4. The third kappa shape index (κ3) is 9.72. The van der Waals surface area contributed by atoms with E-state index in [1.54, 1.807) is 47.5 Å². The van der Waals surface area contributed by atoms with E-state index in [0.717, 1.165) is 11.1 Å². The van der Waals surface area contributed by atoms with Crippen molar-refractivity contribution in [1.82, 2.24) is 38.2 Å². The van der Waals surface area contributed by atoms with Crippen LogP contribution in [0.5, 0.6) is 0 Å². The van der Waals surface area contributed by atoms with Crippen molar-refractivity contribution in [2.45, 2.75) is 13.1 Å². The molecule has 0 saturated heterocycles. The Bertz CT molecular complexity index is 2310. The first-order valence-electron chi connectivity index (χ1n) is 14.2. The summed E-state index contributed by atoms with van der Waals surface area (Å²) in [6.07, 6.45) is 0. The van der Waals surface area contributed by atoms with Crippen molar-refractivity contribution >= 4 is 131 Å². The van der Waals surface area contributed by atoms with Gasteiger partial charge in [0.1, 0.15) is 5.65 Å². The number of nitrogens with one attached hydrogen (secondary N) is 3. The van der Waals surface area contributed by atoms with Gasteiger partial charge in [-0.2, -0.15) is 13.5 Å². The van der Waals surface area contributed by atoms with E-state index in [1.807, 2.05) is 24.3 Å². The summed E-state index contributed by atoms with van der Waals surface area (Å²) < 4.78 is 22.4. The van der Waals surface area contributed by atoms with Gasteiger partial charge in [0, 0.05) is 24.1 Å². The number of hydrogen-bond acceptors (Lipinski definition) is 6. The number of alkyl halides is 1. The van der Waals surface area contributed by atoms with Gasteiger partial charge in [-0.05, 0) is 63.5 Å². The van der Waals surface area contributed by atoms with Crippen LogP contribution in [0.2, 0.25) is 10.0 Å². The molecule has 0 spiro atoms. The molecule has 0 aliphatic heterocycles. The van der Waals surface area contributed by atoms with E-state index in [1.165, 1.54) is 52.8 Å². The van der Waals surface area contributed by atoms with Gasteiger partial charge in [-0.3, -0.25) is 33.1 Å². The summed E-state index contributed by atoms with van der Waals surface area (Å²) in [6.45, 7) is 0.854. The number of aromatic amines is 3. The second-order valence-electron chi connectivity index (χ2n) is 9.24. The predicted molar refractivity (Wildman–Crippen MR) is 196 cm³/mol. The Balaban J connectivity index is 0.000000289. The minimum atomic E-state index is -1.00. The van der Waals surface area contributed by atoms with Crippen LogP contribution in [-0.2, 0) is 27.2 Å². The number of aromatic nitrogens is 8. The van der Waals surface area contributed by atoms with Gasteiger partial charge in [0.25, 0.3) is 11.1 Å². The summed E-state index contributed by atoms with van der Waals surface area (Å²) in [5.74, 6) is 0. The van der Waals surface area contributed by atoms with Crippen LogP contribution in [0.15, 0.2) is 72.4 Å². The van der Waals surface area contributed by atoms with Crippen molar-refractivity contribution in [2.75, 3.05) is 7.15 Å². The van der Waals surface area contributed by atoms with E-state index in [-0.39, 0.29) is 13.5 Å². The summed E-state index contributed by atoms with van der Waals surface area (Å²) in [5.41, 5.74) is 1.45. The number of H-pyrrole nitrogens is 3. The summed E-state index contributed by atoms with van der Waals surface area (Å²) in [7, 11) is 2.13. The van der Waals surface area contributed by atoms with E-state index in [0.29, 0.717) is 55.0 Å². The molecule has 4 aromatic heterocycles. The van der Waals surface area contributed by atoms with E-state index >= 15 is 0 Å². The maximum atomic E-state index is 12.1. The number of hydrogen-bond donors (Lipinski definition) is 3. The fourth-order valence-corrected chi connectivity index (χ4v) is 5.29. The Labute approximate surface area is 326 Å². The Kier molecular flexibility index (Phi) is 16.0. The van der Waals surface area contributed by atoms with Crippen LogP contribution in [0.25, 0.3) is 22.3 Å². The fourth-order valence-electron chi connectivity index (χ4n) is 4.32. The van der Waals surface area contributed by atoms with Crippen LogP contribution in [0.3, 0.4) is 0 Å². The molecule has 0 fully saturated rings. The molecule has 3 N–H and O–H groups in total. The standard InChI is InChI=1S/C13H10BrClN4O2.C13H11ClN4O2S.CH3F.2Na.H2S/c1-18-10-9(11(20)17-13(18)21)19(12(14)16-10)6-7-2-4-8(15)5-3-7;1-17-10-9(11(19)16-12(17)20)18(13(21)15-10)6-7-2-4-8(14)5-3-7;1-2;;;/h2-5H,6H2,1H3,(H,17,20,21);2-5H,6H2,1H3,(H,15,21)(H,16,19,20);1H3;;;1H2/i;;1D;;;. The molecule has 0 saturated carbocycles. The monoisotopic (exact) mass is 805 g/mol. The van der Waals surface area contributed by atoms with Crippen molar-refractivity contribution in [3.05, 3.63) is 121 Å². The molecule has 4 heterocycles. The van der Waals surface area contributed by atoms with Crippen LogP contribution in [0, 0.1) is 4.77 Å². The normalized spacial score (nSPS) is 10.6. The maximum absolute atomic E-state index is 12.1. The fraction of sp³-hybridized carbons (Fsp3) is 0.185. The predicted octanol–water partition coefficient (Wildman–Crippen LogP) is 3.61. The molecule has 47 heavy (non-hydrogen) atoms. The van der Waals surface area contributed by atoms with Gasteiger partial charge in [0.15, 0.2) is 26.2 Å². The van der Waals surface area contributed by atoms with Crippen LogP contribution in [0.4, 0.5) is 4.39 Å². The Morgan fingerprint density at radius 2 is 1.26 bits per heavy atom. The zero-order valence-electron chi connectivity index (χ0n) is 26.5. The number of imidazole rings is 2. The van der Waals surface area contributed by atoms with Crippen molar-refractivity contribution in [1.29, 1.82) is 0 Å². The van der Waals surface area contributed by atoms with Gasteiger partial charge in [-0.25, -0.2) is 14.6 Å². The first-order chi connectivity index (χ1) is 22.4. The molecule has 0 atom stereocenters. The van der Waals surface area contributed by atoms with E-state index < -0.39 is 29.7 Å². The molecule has 6 rings (SSSR count). The molecule has 12 nitrogen and oxygen atoms in total. The second-order valence-corrected chi connectivity index (χ2v) is 11.2. The Hall–Kier alpha value is -1.70. The molecule has 0 aliphatic rings. The van der Waals surface area contributed by atoms with Crippen LogP contribution in [0.1, 0.15) is 12.5 Å². The molecule has 240 valence electrons. The summed E-state index contributed by atoms with van der Waals surface area (Å²) in [4.78, 5) is 59.0. The van der Waals surface area contributed by atoms with Gasteiger partial charge in [-0.15, -0.1) is 0 Å². The van der Waals surface area contributed by atoms with Gasteiger partial charge in [-0.1, -0.05) is 47.5 Å². The molecule has 2 aromatic carbocycles. The van der Waals surface area contributed by atoms with Crippen LogP contribution in [-0.4, -0.2) is 89.0 Å². The zero-order valence-corrected chi connectivity index (χ0v) is 34.4. The minimum absolute atomic E-state index is 0. The third-order valence-electron chi connectivity index (χ3n) is 6.51. The third-order valence-corrected chi connectivity index (χ3v) is 7.94. The van der Waals surface area contributed by atoms with E-state index in [9.17, 15) is 23.6 Å². The second kappa shape index (κ2) is 18.9. The van der Waals surface area contributed by atoms with Gasteiger partial charge >= 0.3 is 55.0 Å². The molecule has 0 amide bonds. The topological polar surface area (TPSA) is 148 Å². The van der Waals surface area contributed by atoms with Gasteiger partial charge < -0.3 is 14.1 Å². The zero-order chi connectivity index (χ0) is 35.0. The molecule has 0 aliphatic carbocycles. The van der Waals surface area contributed by atoms with Crippen molar-refractivity contribution in [3.63, 3.8) is 0 Å². The quantitative estimate of drug-likeness (QED) is 0.141. The molecule has 20 heteroatoms. The number of fused-ring (bicyclic) bond motifs is 2. The van der Waals surface area contributed by atoms with Crippen molar-refractivity contribution in [2.24, 2.45) is 14.1 Å². The Morgan fingerprint density at radius 3 is 1.74 bits per heavy atom. The average molecular weight is 807 g/mol. The first-order valence-corrected chi connectivity index (χ1v) is 23.4. The first kappa shape index (κ1) is 39.7. The Morgan fingerprint density at radius 1 is 0.830 bits per heavy atom. The number of aryl methyl sites for hydroxylation is 2. The number of benzene rings is 2. The molecule has 0 unspecified atom stereocenters. The number of nitrogens with zero attached hydrogens (tertiary/aromatic N) is 5. The van der Waals surface area contributed by atoms with Crippen molar-refractivity contribution < 1.29 is 5.76 Å². The van der Waals surface area contributed by atoms with Crippen LogP contribution < -0.4 is 22.5 Å². The van der Waals surface area contributed by atoms with Crippen molar-refractivity contribution in [3.8, 4) is 0 Å². The van der Waals surface area contributed by atoms with Gasteiger partial charge in [0.05, 0.1) is 21.6 Å². The summed E-state index contributed by atoms with van der Waals surface area (Å²) >= 11 is 23.2. The van der Waals surface area contributed by atoms with E-state index in [4.69, 9.17) is 36.8 Å². The molecular formula is C27H26BrCl2FN8Na2O4S2. The molecule has 0 bridgehead atoms. The molecule has 0 radical (unpaired) electrons. The average Bonchev–Trinajstić information content (AvgIpc) is 3.55. The summed E-state index contributed by atoms with van der Waals surface area (Å²) in [5, 5.41) is 1.29. The van der Waals surface area contributed by atoms with Crippen LogP contribution >= 0.6 is 64.8 Å². The van der Waals surface area contributed by atoms with E-state index in [2.05, 4.69) is 35.9 Å². The number of halogens is 4. The summed E-state index contributed by atoms with van der Waals surface area (Å²) in [6, 6.07) is 14.6.